The molecule has 0 amide bonds. The molecule has 1 rings (SSSR count). The Balaban J connectivity index is 2.08. The van der Waals surface area contributed by atoms with Gasteiger partial charge in [-0.1, -0.05) is 0 Å². The fourth-order valence-corrected chi connectivity index (χ4v) is 0.456. The summed E-state index contributed by atoms with van der Waals surface area (Å²) in [5.74, 6) is 0. The van der Waals surface area contributed by atoms with Gasteiger partial charge in [0.1, 0.15) is 0 Å². The third kappa shape index (κ3) is 0.618. The van der Waals surface area contributed by atoms with Crippen LogP contribution in [0.15, 0.2) is 0 Å². The van der Waals surface area contributed by atoms with Crippen LogP contribution in [0.25, 0.3) is 0 Å². The van der Waals surface area contributed by atoms with Gasteiger partial charge in [0, 0.05) is 13.1 Å². The van der Waals surface area contributed by atoms with E-state index < -0.39 is 0 Å². The molecule has 1 aliphatic rings. The predicted molar refractivity (Wildman–Crippen MR) is 20.5 cm³/mol. The van der Waals surface area contributed by atoms with Crippen molar-refractivity contribution in [2.24, 2.45) is 0 Å². The first kappa shape index (κ1) is 3.16. The molecule has 0 aromatic heterocycles. The first-order valence-electron chi connectivity index (χ1n) is 1.98. The molecule has 0 aromatic carbocycles. The summed E-state index contributed by atoms with van der Waals surface area (Å²) in [6, 6.07) is 0. The molecule has 1 saturated heterocycles. The lowest BCUT2D eigenvalue weighted by Crippen LogP contribution is -1.86. The highest BCUT2D eigenvalue weighted by atomic mass is 14.9. The second-order valence-corrected chi connectivity index (χ2v) is 1.23. The van der Waals surface area contributed by atoms with Crippen LogP contribution in [-0.2, 0) is 0 Å². The first-order chi connectivity index (χ1) is 2.50. The van der Waals surface area contributed by atoms with E-state index in [1.54, 1.807) is 0 Å². The molecule has 0 saturated carbocycles. The number of nitrogens with zero attached hydrogens (tertiary/aromatic N) is 1. The van der Waals surface area contributed by atoms with Gasteiger partial charge in [-0.3, -0.25) is 0 Å². The van der Waals surface area contributed by atoms with E-state index in [0.29, 0.717) is 0 Å². The lowest BCUT2D eigenvalue weighted by atomic mass is 10.4. The van der Waals surface area contributed by atoms with Gasteiger partial charge in [0.05, 0.1) is 0 Å². The van der Waals surface area contributed by atoms with Crippen LogP contribution in [0.3, 0.4) is 0 Å². The molecule has 1 aliphatic heterocycles. The van der Waals surface area contributed by atoms with E-state index in [9.17, 15) is 0 Å². The van der Waals surface area contributed by atoms with E-state index in [1.165, 1.54) is 12.8 Å². The Kier molecular flexibility index (Phi) is 0.892. The van der Waals surface area contributed by atoms with Gasteiger partial charge in [-0.15, -0.1) is 0 Å². The van der Waals surface area contributed by atoms with Gasteiger partial charge in [0.2, 0.25) is 0 Å². The topological polar surface area (TPSA) is 14.1 Å². The smallest absolute Gasteiger partial charge is 0.0416 e. The van der Waals surface area contributed by atoms with Crippen LogP contribution in [-0.4, -0.2) is 6.54 Å². The third-order valence-electron chi connectivity index (χ3n) is 0.750. The number of rotatable bonds is 0. The van der Waals surface area contributed by atoms with Gasteiger partial charge in [-0.2, -0.15) is 0 Å². The van der Waals surface area contributed by atoms with Crippen molar-refractivity contribution in [3.63, 3.8) is 0 Å². The van der Waals surface area contributed by atoms with Gasteiger partial charge in [0.25, 0.3) is 0 Å². The second kappa shape index (κ2) is 1.41. The molecule has 0 spiro atoms. The van der Waals surface area contributed by atoms with Gasteiger partial charge in [-0.25, -0.2) is 5.32 Å². The van der Waals surface area contributed by atoms with E-state index >= 15 is 0 Å². The highest BCUT2D eigenvalue weighted by Crippen LogP contribution is 1.97. The summed E-state index contributed by atoms with van der Waals surface area (Å²) in [7, 11) is 0. The molecule has 1 heteroatoms. The Labute approximate surface area is 32.4 Å². The molecule has 0 unspecified atom stereocenters. The standard InChI is InChI=1S/C4H7N/c1-2-4-5-3-1/h3H,1-2,4H2. The Bertz CT molecular complexity index is 15.2. The zero-order chi connectivity index (χ0) is 3.54. The maximum Gasteiger partial charge on any atom is 0.0416 e. The Morgan fingerprint density at radius 2 is 2.60 bits per heavy atom. The van der Waals surface area contributed by atoms with Crippen LogP contribution in [0, 0.1) is 6.54 Å². The first-order valence-corrected chi connectivity index (χ1v) is 1.98. The van der Waals surface area contributed by atoms with E-state index in [4.69, 9.17) is 0 Å². The van der Waals surface area contributed by atoms with E-state index in [-0.39, 0.29) is 0 Å². The molecule has 1 fully saturated rings. The van der Waals surface area contributed by atoms with Crippen molar-refractivity contribution in [3.05, 3.63) is 6.54 Å². The third-order valence-corrected chi connectivity index (χ3v) is 0.750. The molecule has 0 aliphatic carbocycles. The fourth-order valence-electron chi connectivity index (χ4n) is 0.456. The lowest BCUT2D eigenvalue weighted by Gasteiger charge is -1.71. The molecule has 1 nitrogen and oxygen atoms in total. The maximum atomic E-state index is 3.96. The minimum absolute atomic E-state index is 1.07. The van der Waals surface area contributed by atoms with Crippen molar-refractivity contribution in [2.75, 3.05) is 6.54 Å². The largest absolute Gasteiger partial charge is 0.237 e. The van der Waals surface area contributed by atoms with Crippen molar-refractivity contribution in [1.29, 1.82) is 0 Å². The summed E-state index contributed by atoms with van der Waals surface area (Å²) in [6.45, 7) is 3.06. The predicted octanol–water partition coefficient (Wildman–Crippen LogP) is 0.546. The highest BCUT2D eigenvalue weighted by molar-refractivity contribution is 4.68. The zero-order valence-electron chi connectivity index (χ0n) is 3.15. The summed E-state index contributed by atoms with van der Waals surface area (Å²) in [4.78, 5) is 0. The van der Waals surface area contributed by atoms with E-state index in [1.807, 2.05) is 6.54 Å². The van der Waals surface area contributed by atoms with Crippen LogP contribution in [0.2, 0.25) is 0 Å². The SMILES string of the molecule is [CH]1CCC[N]1. The molecule has 1 heterocycles. The minimum atomic E-state index is 1.07. The van der Waals surface area contributed by atoms with Gasteiger partial charge < -0.3 is 0 Å². The molecular weight excluding hydrogens is 62.1 g/mol. The van der Waals surface area contributed by atoms with Crippen LogP contribution in [0.5, 0.6) is 0 Å². The van der Waals surface area contributed by atoms with Crippen LogP contribution < -0.4 is 5.32 Å². The fraction of sp³-hybridized carbons (Fsp3) is 0.750. The van der Waals surface area contributed by atoms with Crippen molar-refractivity contribution in [3.8, 4) is 0 Å². The highest BCUT2D eigenvalue weighted by Gasteiger charge is 1.95. The average Bonchev–Trinajstić information content (AvgIpc) is 1.76. The molecule has 0 atom stereocenters. The van der Waals surface area contributed by atoms with Gasteiger partial charge in [-0.05, 0) is 12.8 Å². The summed E-state index contributed by atoms with van der Waals surface area (Å²) in [6.07, 6.45) is 2.49. The maximum absolute atomic E-state index is 3.96. The second-order valence-electron chi connectivity index (χ2n) is 1.23. The Hall–Kier alpha value is -0.0400. The average molecular weight is 69.1 g/mol. The summed E-state index contributed by atoms with van der Waals surface area (Å²) in [5.41, 5.74) is 0. The van der Waals surface area contributed by atoms with Crippen LogP contribution in [0.1, 0.15) is 12.8 Å². The quantitative estimate of drug-likeness (QED) is 0.394. The van der Waals surface area contributed by atoms with E-state index in [0.717, 1.165) is 6.54 Å². The van der Waals surface area contributed by atoms with Crippen molar-refractivity contribution < 1.29 is 0 Å². The summed E-state index contributed by atoms with van der Waals surface area (Å²) in [5, 5.41) is 3.96. The number of hydrogen-bond donors (Lipinski definition) is 0. The van der Waals surface area contributed by atoms with Crippen molar-refractivity contribution >= 4 is 0 Å². The zero-order valence-corrected chi connectivity index (χ0v) is 3.15. The summed E-state index contributed by atoms with van der Waals surface area (Å²) >= 11 is 0. The normalized spacial score (nSPS) is 24.0. The van der Waals surface area contributed by atoms with Gasteiger partial charge in [0.15, 0.2) is 0 Å². The molecule has 0 aromatic rings. The van der Waals surface area contributed by atoms with Crippen LogP contribution >= 0.6 is 0 Å². The minimum Gasteiger partial charge on any atom is -0.237 e. The van der Waals surface area contributed by atoms with Crippen molar-refractivity contribution in [1.82, 2.24) is 5.32 Å². The monoisotopic (exact) mass is 69.1 g/mol. The summed E-state index contributed by atoms with van der Waals surface area (Å²) < 4.78 is 0. The Morgan fingerprint density at radius 3 is 2.80 bits per heavy atom. The van der Waals surface area contributed by atoms with Gasteiger partial charge >= 0.3 is 0 Å². The van der Waals surface area contributed by atoms with E-state index in [2.05, 4.69) is 5.32 Å². The lowest BCUT2D eigenvalue weighted by molar-refractivity contribution is 0.888. The molecule has 0 N–H and O–H groups in total. The number of hydrogen-bond acceptors (Lipinski definition) is 0. The molecular formula is C4H7N. The van der Waals surface area contributed by atoms with Crippen molar-refractivity contribution in [2.45, 2.75) is 12.8 Å². The Morgan fingerprint density at radius 1 is 1.60 bits per heavy atom. The van der Waals surface area contributed by atoms with Crippen LogP contribution in [0.4, 0.5) is 0 Å². The molecule has 5 heavy (non-hydrogen) atoms. The molecule has 28 valence electrons. The molecule has 0 bridgehead atoms. The molecule has 2 radical (unpaired) electrons.